The molecule has 2 aromatic rings. The van der Waals surface area contributed by atoms with E-state index in [4.69, 9.17) is 0 Å². The Morgan fingerprint density at radius 3 is 2.42 bits per heavy atom. The summed E-state index contributed by atoms with van der Waals surface area (Å²) in [7, 11) is 1.82. The summed E-state index contributed by atoms with van der Waals surface area (Å²) in [5.41, 5.74) is 0.719. The van der Waals surface area contributed by atoms with Gasteiger partial charge in [-0.3, -0.25) is 4.79 Å². The number of alkyl halides is 3. The minimum absolute atomic E-state index is 0.154. The first-order valence-corrected chi connectivity index (χ1v) is 7.55. The number of Topliss-reactive ketones (excluding diaryl/α,β-unsaturated/α-hetero) is 1. The van der Waals surface area contributed by atoms with Crippen molar-refractivity contribution < 1.29 is 18.0 Å². The van der Waals surface area contributed by atoms with Gasteiger partial charge in [0.1, 0.15) is 0 Å². The van der Waals surface area contributed by atoms with Crippen LogP contribution in [0, 0.1) is 0 Å². The Bertz CT molecular complexity index is 781. The van der Waals surface area contributed by atoms with Gasteiger partial charge in [-0.15, -0.1) is 0 Å². The van der Waals surface area contributed by atoms with Crippen LogP contribution in [0.5, 0.6) is 0 Å². The van der Waals surface area contributed by atoms with Crippen LogP contribution in [0.1, 0.15) is 22.6 Å². The minimum atomic E-state index is -4.43. The maximum absolute atomic E-state index is 12.9. The quantitative estimate of drug-likeness (QED) is 0.816. The summed E-state index contributed by atoms with van der Waals surface area (Å²) in [4.78, 5) is 14.7. The van der Waals surface area contributed by atoms with E-state index < -0.39 is 11.7 Å². The van der Waals surface area contributed by atoms with Gasteiger partial charge in [0.05, 0.1) is 11.5 Å². The molecule has 0 amide bonds. The second-order valence-electron chi connectivity index (χ2n) is 5.89. The zero-order valence-electron chi connectivity index (χ0n) is 13.0. The highest BCUT2D eigenvalue weighted by Crippen LogP contribution is 2.34. The lowest BCUT2D eigenvalue weighted by molar-refractivity contribution is -0.137. The second-order valence-corrected chi connectivity index (χ2v) is 5.89. The molecule has 1 heterocycles. The summed E-state index contributed by atoms with van der Waals surface area (Å²) in [5.74, 6) is -0.538. The molecule has 5 heteroatoms. The molecule has 0 radical (unpaired) electrons. The number of hydrogen-bond donors (Lipinski definition) is 0. The Morgan fingerprint density at radius 2 is 1.75 bits per heavy atom. The van der Waals surface area contributed by atoms with Gasteiger partial charge in [0, 0.05) is 25.4 Å². The summed E-state index contributed by atoms with van der Waals surface area (Å²) in [6.07, 6.45) is -2.81. The molecule has 0 N–H and O–H groups in total. The molecule has 0 saturated heterocycles. The molecule has 1 unspecified atom stereocenters. The number of ketones is 1. The summed E-state index contributed by atoms with van der Waals surface area (Å²) in [6, 6.07) is 14.2. The van der Waals surface area contributed by atoms with Crippen molar-refractivity contribution in [3.63, 3.8) is 0 Å². The standard InChI is InChI=1S/C19H16F3NO/c1-23-11-16(13-6-3-2-4-7-13)18(24)17(12-23)14-8-5-9-15(10-14)19(20,21)22/h2-10,12,16H,11H2,1H3. The van der Waals surface area contributed by atoms with Crippen molar-refractivity contribution in [2.24, 2.45) is 0 Å². The molecular weight excluding hydrogens is 315 g/mol. The van der Waals surface area contributed by atoms with Gasteiger partial charge < -0.3 is 4.90 Å². The molecule has 0 aromatic heterocycles. The smallest absolute Gasteiger partial charge is 0.379 e. The highest BCUT2D eigenvalue weighted by molar-refractivity contribution is 6.24. The van der Waals surface area contributed by atoms with Crippen LogP contribution in [0.25, 0.3) is 5.57 Å². The van der Waals surface area contributed by atoms with E-state index in [0.717, 1.165) is 17.7 Å². The topological polar surface area (TPSA) is 20.3 Å². The molecule has 0 aliphatic carbocycles. The number of likely N-dealkylation sites (N-methyl/N-ethyl adjacent to an activating group) is 1. The number of hydrogen-bond acceptors (Lipinski definition) is 2. The molecule has 0 bridgehead atoms. The summed E-state index contributed by atoms with van der Waals surface area (Å²) in [6.45, 7) is 0.505. The molecular formula is C19H16F3NO. The van der Waals surface area contributed by atoms with Crippen LogP contribution in [0.4, 0.5) is 13.2 Å². The number of carbonyl (C=O) groups excluding carboxylic acids is 1. The second kappa shape index (κ2) is 6.15. The van der Waals surface area contributed by atoms with Gasteiger partial charge in [-0.05, 0) is 23.3 Å². The number of carbonyl (C=O) groups is 1. The molecule has 1 aliphatic heterocycles. The first-order valence-electron chi connectivity index (χ1n) is 7.55. The fourth-order valence-electron chi connectivity index (χ4n) is 2.92. The lowest BCUT2D eigenvalue weighted by Gasteiger charge is -2.29. The zero-order chi connectivity index (χ0) is 17.3. The molecule has 24 heavy (non-hydrogen) atoms. The van der Waals surface area contributed by atoms with Gasteiger partial charge in [-0.2, -0.15) is 13.2 Å². The van der Waals surface area contributed by atoms with Gasteiger partial charge >= 0.3 is 6.18 Å². The van der Waals surface area contributed by atoms with Crippen LogP contribution in [0.15, 0.2) is 60.8 Å². The van der Waals surface area contributed by atoms with E-state index in [9.17, 15) is 18.0 Å². The molecule has 2 nitrogen and oxygen atoms in total. The maximum atomic E-state index is 12.9. The van der Waals surface area contributed by atoms with Crippen LogP contribution in [-0.4, -0.2) is 24.3 Å². The molecule has 0 fully saturated rings. The molecule has 124 valence electrons. The van der Waals surface area contributed by atoms with E-state index in [1.165, 1.54) is 6.07 Å². The summed E-state index contributed by atoms with van der Waals surface area (Å²) < 4.78 is 38.8. The number of halogens is 3. The van der Waals surface area contributed by atoms with Crippen molar-refractivity contribution in [3.05, 3.63) is 77.5 Å². The zero-order valence-corrected chi connectivity index (χ0v) is 13.0. The summed E-state index contributed by atoms with van der Waals surface area (Å²) in [5, 5.41) is 0. The Balaban J connectivity index is 2.00. The third-order valence-electron chi connectivity index (χ3n) is 4.10. The molecule has 0 saturated carbocycles. The largest absolute Gasteiger partial charge is 0.416 e. The predicted octanol–water partition coefficient (Wildman–Crippen LogP) is 4.34. The van der Waals surface area contributed by atoms with Gasteiger partial charge in [-0.25, -0.2) is 0 Å². The van der Waals surface area contributed by atoms with Gasteiger partial charge in [-0.1, -0.05) is 42.5 Å². The van der Waals surface area contributed by atoms with E-state index in [1.807, 2.05) is 42.3 Å². The first kappa shape index (κ1) is 16.3. The Kier molecular flexibility index (Phi) is 4.18. The Morgan fingerprint density at radius 1 is 1.04 bits per heavy atom. The van der Waals surface area contributed by atoms with E-state index in [2.05, 4.69) is 0 Å². The van der Waals surface area contributed by atoms with Crippen LogP contribution >= 0.6 is 0 Å². The fourth-order valence-corrected chi connectivity index (χ4v) is 2.92. The lowest BCUT2D eigenvalue weighted by Crippen LogP contribution is -2.31. The van der Waals surface area contributed by atoms with Crippen molar-refractivity contribution in [1.29, 1.82) is 0 Å². The van der Waals surface area contributed by atoms with Crippen molar-refractivity contribution >= 4 is 11.4 Å². The van der Waals surface area contributed by atoms with Crippen LogP contribution in [0.3, 0.4) is 0 Å². The van der Waals surface area contributed by atoms with Crippen LogP contribution in [-0.2, 0) is 11.0 Å². The fraction of sp³-hybridized carbons (Fsp3) is 0.211. The number of rotatable bonds is 2. The minimum Gasteiger partial charge on any atom is -0.379 e. The average Bonchev–Trinajstić information content (AvgIpc) is 2.57. The molecule has 1 aliphatic rings. The third kappa shape index (κ3) is 3.20. The third-order valence-corrected chi connectivity index (χ3v) is 4.10. The normalized spacial score (nSPS) is 18.5. The van der Waals surface area contributed by atoms with E-state index in [1.54, 1.807) is 12.3 Å². The highest BCUT2D eigenvalue weighted by atomic mass is 19.4. The van der Waals surface area contributed by atoms with Crippen molar-refractivity contribution in [1.82, 2.24) is 4.90 Å². The average molecular weight is 331 g/mol. The van der Waals surface area contributed by atoms with Gasteiger partial charge in [0.15, 0.2) is 5.78 Å². The number of benzene rings is 2. The lowest BCUT2D eigenvalue weighted by atomic mass is 9.85. The monoisotopic (exact) mass is 331 g/mol. The molecule has 1 atom stereocenters. The molecule has 3 rings (SSSR count). The van der Waals surface area contributed by atoms with Crippen molar-refractivity contribution in [2.75, 3.05) is 13.6 Å². The van der Waals surface area contributed by atoms with E-state index in [0.29, 0.717) is 17.7 Å². The predicted molar refractivity (Wildman–Crippen MR) is 86.2 cm³/mol. The molecule has 2 aromatic carbocycles. The van der Waals surface area contributed by atoms with Crippen LogP contribution < -0.4 is 0 Å². The summed E-state index contributed by atoms with van der Waals surface area (Å²) >= 11 is 0. The van der Waals surface area contributed by atoms with Crippen LogP contribution in [0.2, 0.25) is 0 Å². The Labute approximate surface area is 138 Å². The number of allylic oxidation sites excluding steroid dienone is 1. The van der Waals surface area contributed by atoms with E-state index >= 15 is 0 Å². The molecule has 0 spiro atoms. The SMILES string of the molecule is CN1C=C(c2cccc(C(F)(F)F)c2)C(=O)C(c2ccccc2)C1. The van der Waals surface area contributed by atoms with Gasteiger partial charge in [0.25, 0.3) is 0 Å². The van der Waals surface area contributed by atoms with Crippen molar-refractivity contribution in [3.8, 4) is 0 Å². The Hall–Kier alpha value is -2.56. The van der Waals surface area contributed by atoms with Crippen molar-refractivity contribution in [2.45, 2.75) is 12.1 Å². The van der Waals surface area contributed by atoms with E-state index in [-0.39, 0.29) is 11.7 Å². The van der Waals surface area contributed by atoms with Gasteiger partial charge in [0.2, 0.25) is 0 Å². The first-order chi connectivity index (χ1) is 11.4. The maximum Gasteiger partial charge on any atom is 0.416 e. The highest BCUT2D eigenvalue weighted by Gasteiger charge is 2.33. The number of nitrogens with zero attached hydrogens (tertiary/aromatic N) is 1.